The van der Waals surface area contributed by atoms with Crippen LogP contribution in [0.5, 0.6) is 11.5 Å². The van der Waals surface area contributed by atoms with Crippen LogP contribution in [0, 0.1) is 0 Å². The van der Waals surface area contributed by atoms with Crippen LogP contribution in [0.3, 0.4) is 0 Å². The van der Waals surface area contributed by atoms with Gasteiger partial charge < -0.3 is 14.6 Å². The summed E-state index contributed by atoms with van der Waals surface area (Å²) in [5.41, 5.74) is 1.15. The van der Waals surface area contributed by atoms with E-state index in [2.05, 4.69) is 0 Å². The van der Waals surface area contributed by atoms with Crippen molar-refractivity contribution < 1.29 is 19.4 Å². The summed E-state index contributed by atoms with van der Waals surface area (Å²) in [4.78, 5) is 11.1. The van der Waals surface area contributed by atoms with E-state index >= 15 is 0 Å². The number of thiophene rings is 1. The highest BCUT2D eigenvalue weighted by atomic mass is 32.1. The molecule has 1 aliphatic heterocycles. The molecule has 19 heavy (non-hydrogen) atoms. The van der Waals surface area contributed by atoms with Gasteiger partial charge in [0.05, 0.1) is 19.1 Å². The molecule has 2 heterocycles. The van der Waals surface area contributed by atoms with Gasteiger partial charge in [-0.2, -0.15) is 0 Å². The molecule has 0 fully saturated rings. The molecule has 4 nitrogen and oxygen atoms in total. The molecule has 0 radical (unpaired) electrons. The zero-order chi connectivity index (χ0) is 13.2. The lowest BCUT2D eigenvalue weighted by atomic mass is 10.0. The SMILES string of the molecule is O=C(O)c1cc(OCC2COc3ccccc32)cs1. The van der Waals surface area contributed by atoms with Crippen LogP contribution in [0.2, 0.25) is 0 Å². The summed E-state index contributed by atoms with van der Waals surface area (Å²) in [6, 6.07) is 9.46. The van der Waals surface area contributed by atoms with Crippen molar-refractivity contribution in [2.24, 2.45) is 0 Å². The van der Waals surface area contributed by atoms with Crippen LogP contribution in [0.25, 0.3) is 0 Å². The minimum absolute atomic E-state index is 0.198. The second kappa shape index (κ2) is 4.93. The van der Waals surface area contributed by atoms with Crippen LogP contribution >= 0.6 is 11.3 Å². The Bertz CT molecular complexity index is 605. The van der Waals surface area contributed by atoms with Crippen LogP contribution in [0.15, 0.2) is 35.7 Å². The summed E-state index contributed by atoms with van der Waals surface area (Å²) in [7, 11) is 0. The number of rotatable bonds is 4. The van der Waals surface area contributed by atoms with Crippen LogP contribution in [-0.2, 0) is 0 Å². The van der Waals surface area contributed by atoms with E-state index in [-0.39, 0.29) is 10.8 Å². The molecule has 1 aromatic heterocycles. The van der Waals surface area contributed by atoms with Gasteiger partial charge in [0.1, 0.15) is 16.4 Å². The molecular weight excluding hydrogens is 264 g/mol. The Morgan fingerprint density at radius 1 is 1.47 bits per heavy atom. The first-order chi connectivity index (χ1) is 9.24. The molecule has 0 saturated heterocycles. The standard InChI is InChI=1S/C14H12O4S/c15-14(16)13-5-10(8-19-13)17-6-9-7-18-12-4-2-1-3-11(9)12/h1-5,8-9H,6-7H2,(H,15,16). The molecule has 1 aliphatic rings. The van der Waals surface area contributed by atoms with E-state index in [1.807, 2.05) is 24.3 Å². The molecule has 1 N–H and O–H groups in total. The molecule has 1 aromatic carbocycles. The summed E-state index contributed by atoms with van der Waals surface area (Å²) >= 11 is 1.17. The molecular formula is C14H12O4S. The summed E-state index contributed by atoms with van der Waals surface area (Å²) in [6.07, 6.45) is 0. The lowest BCUT2D eigenvalue weighted by Gasteiger charge is -2.09. The molecule has 98 valence electrons. The van der Waals surface area contributed by atoms with Crippen molar-refractivity contribution in [2.45, 2.75) is 5.92 Å². The largest absolute Gasteiger partial charge is 0.493 e. The third-order valence-electron chi connectivity index (χ3n) is 3.04. The molecule has 0 amide bonds. The van der Waals surface area contributed by atoms with Crippen LogP contribution in [-0.4, -0.2) is 24.3 Å². The van der Waals surface area contributed by atoms with Crippen LogP contribution in [0.4, 0.5) is 0 Å². The number of para-hydroxylation sites is 1. The molecule has 0 bridgehead atoms. The highest BCUT2D eigenvalue weighted by Crippen LogP contribution is 2.34. The molecule has 1 atom stereocenters. The smallest absolute Gasteiger partial charge is 0.346 e. The molecule has 1 unspecified atom stereocenters. The van der Waals surface area contributed by atoms with Crippen molar-refractivity contribution in [1.82, 2.24) is 0 Å². The Hall–Kier alpha value is -2.01. The highest BCUT2D eigenvalue weighted by Gasteiger charge is 2.24. The number of carboxylic acid groups (broad SMARTS) is 1. The maximum atomic E-state index is 10.8. The molecule has 5 heteroatoms. The first kappa shape index (κ1) is 12.0. The van der Waals surface area contributed by atoms with E-state index in [0.29, 0.717) is 19.0 Å². The minimum Gasteiger partial charge on any atom is -0.493 e. The summed E-state index contributed by atoms with van der Waals surface area (Å²) < 4.78 is 11.2. The van der Waals surface area contributed by atoms with E-state index in [0.717, 1.165) is 11.3 Å². The predicted octanol–water partition coefficient (Wildman–Crippen LogP) is 3.00. The number of carboxylic acids is 1. The molecule has 3 rings (SSSR count). The number of hydrogen-bond donors (Lipinski definition) is 1. The minimum atomic E-state index is -0.922. The number of fused-ring (bicyclic) bond motifs is 1. The second-order valence-electron chi connectivity index (χ2n) is 4.31. The Kier molecular flexibility index (Phi) is 3.13. The average Bonchev–Trinajstić information content (AvgIpc) is 3.03. The third-order valence-corrected chi connectivity index (χ3v) is 3.93. The molecule has 0 saturated carbocycles. The Labute approximate surface area is 114 Å². The molecule has 2 aromatic rings. The van der Waals surface area contributed by atoms with Crippen molar-refractivity contribution >= 4 is 17.3 Å². The number of ether oxygens (including phenoxy) is 2. The van der Waals surface area contributed by atoms with Crippen LogP contribution in [0.1, 0.15) is 21.2 Å². The fraction of sp³-hybridized carbons (Fsp3) is 0.214. The maximum Gasteiger partial charge on any atom is 0.346 e. The maximum absolute atomic E-state index is 10.8. The summed E-state index contributed by atoms with van der Waals surface area (Å²) in [5.74, 6) is 0.790. The Morgan fingerprint density at radius 2 is 2.32 bits per heavy atom. The van der Waals surface area contributed by atoms with Gasteiger partial charge in [0.2, 0.25) is 0 Å². The normalized spacial score (nSPS) is 16.7. The second-order valence-corrected chi connectivity index (χ2v) is 5.22. The predicted molar refractivity (Wildman–Crippen MR) is 71.5 cm³/mol. The van der Waals surface area contributed by atoms with Crippen molar-refractivity contribution in [3.05, 3.63) is 46.2 Å². The van der Waals surface area contributed by atoms with Gasteiger partial charge in [0.25, 0.3) is 0 Å². The number of benzene rings is 1. The van der Waals surface area contributed by atoms with Gasteiger partial charge in [-0.15, -0.1) is 11.3 Å². The molecule has 0 spiro atoms. The summed E-state index contributed by atoms with van der Waals surface area (Å²) in [5, 5.41) is 10.6. The third kappa shape index (κ3) is 2.42. The van der Waals surface area contributed by atoms with Crippen molar-refractivity contribution in [3.8, 4) is 11.5 Å². The van der Waals surface area contributed by atoms with Gasteiger partial charge in [-0.25, -0.2) is 4.79 Å². The topological polar surface area (TPSA) is 55.8 Å². The number of hydrogen-bond acceptors (Lipinski definition) is 4. The fourth-order valence-electron chi connectivity index (χ4n) is 2.07. The van der Waals surface area contributed by atoms with Crippen molar-refractivity contribution in [3.63, 3.8) is 0 Å². The lowest BCUT2D eigenvalue weighted by Crippen LogP contribution is -2.11. The zero-order valence-corrected chi connectivity index (χ0v) is 10.9. The van der Waals surface area contributed by atoms with Gasteiger partial charge in [0, 0.05) is 17.0 Å². The van der Waals surface area contributed by atoms with Gasteiger partial charge >= 0.3 is 5.97 Å². The highest BCUT2D eigenvalue weighted by molar-refractivity contribution is 7.12. The van der Waals surface area contributed by atoms with E-state index < -0.39 is 5.97 Å². The van der Waals surface area contributed by atoms with Crippen molar-refractivity contribution in [2.75, 3.05) is 13.2 Å². The van der Waals surface area contributed by atoms with E-state index in [1.54, 1.807) is 11.4 Å². The fourth-order valence-corrected chi connectivity index (χ4v) is 2.73. The van der Waals surface area contributed by atoms with Gasteiger partial charge in [-0.1, -0.05) is 18.2 Å². The van der Waals surface area contributed by atoms with Crippen LogP contribution < -0.4 is 9.47 Å². The van der Waals surface area contributed by atoms with E-state index in [1.165, 1.54) is 11.3 Å². The number of carbonyl (C=O) groups is 1. The zero-order valence-electron chi connectivity index (χ0n) is 10.0. The monoisotopic (exact) mass is 276 g/mol. The van der Waals surface area contributed by atoms with E-state index in [9.17, 15) is 4.79 Å². The van der Waals surface area contributed by atoms with Gasteiger partial charge in [0.15, 0.2) is 0 Å². The Morgan fingerprint density at radius 3 is 3.11 bits per heavy atom. The average molecular weight is 276 g/mol. The van der Waals surface area contributed by atoms with Crippen molar-refractivity contribution in [1.29, 1.82) is 0 Å². The Balaban J connectivity index is 1.65. The van der Waals surface area contributed by atoms with E-state index in [4.69, 9.17) is 14.6 Å². The number of aromatic carboxylic acids is 1. The van der Waals surface area contributed by atoms with Gasteiger partial charge in [-0.05, 0) is 6.07 Å². The molecule has 0 aliphatic carbocycles. The first-order valence-corrected chi connectivity index (χ1v) is 6.78. The quantitative estimate of drug-likeness (QED) is 0.932. The summed E-state index contributed by atoms with van der Waals surface area (Å²) in [6.45, 7) is 1.10. The lowest BCUT2D eigenvalue weighted by molar-refractivity contribution is 0.0702. The van der Waals surface area contributed by atoms with Gasteiger partial charge in [-0.3, -0.25) is 0 Å². The first-order valence-electron chi connectivity index (χ1n) is 5.90.